The molecule has 2 heteroatoms. The van der Waals surface area contributed by atoms with E-state index >= 15 is 0 Å². The lowest BCUT2D eigenvalue weighted by atomic mass is 9.52. The smallest absolute Gasteiger partial charge is 0.0721 e. The molecular weight excluding hydrogens is 629 g/mol. The van der Waals surface area contributed by atoms with E-state index in [2.05, 4.69) is 180 Å². The number of aromatic amines is 2. The van der Waals surface area contributed by atoms with Gasteiger partial charge in [0, 0.05) is 43.6 Å². The number of fused-ring (bicyclic) bond motifs is 22. The molecule has 52 heavy (non-hydrogen) atoms. The number of rotatable bonds is 0. The highest BCUT2D eigenvalue weighted by atomic mass is 14.7. The van der Waals surface area contributed by atoms with E-state index in [-0.39, 0.29) is 0 Å². The van der Waals surface area contributed by atoms with Crippen LogP contribution in [-0.2, 0) is 10.8 Å². The largest absolute Gasteiger partial charge is 0.355 e. The molecule has 3 aliphatic carbocycles. The standard InChI is InChI=1S/C50H30N2/c1-7-19-37-29(13-1)30-14-2-8-20-38(30)49(37)41-25-35-33-17-5-11-23-45(33)52-48(35)28-44(41)50(39-21-9-3-15-31(39)32-16-4-10-22-40(32)50)42-26-36-34-18-6-12-24-46(34)51-47(36)27-43(42)49/h1-28,51-52H. The van der Waals surface area contributed by atoms with Gasteiger partial charge in [0.05, 0.1) is 10.8 Å². The second-order valence-corrected chi connectivity index (χ2v) is 14.9. The Kier molecular flexibility index (Phi) is 4.78. The number of hydrogen-bond donors (Lipinski definition) is 2. The van der Waals surface area contributed by atoms with Crippen LogP contribution in [0, 0.1) is 0 Å². The molecule has 0 unspecified atom stereocenters. The monoisotopic (exact) mass is 658 g/mol. The van der Waals surface area contributed by atoms with Gasteiger partial charge in [-0.05, 0) is 103 Å². The maximum atomic E-state index is 3.87. The molecule has 0 saturated carbocycles. The highest BCUT2D eigenvalue weighted by Gasteiger charge is 2.59. The van der Waals surface area contributed by atoms with Crippen LogP contribution in [0.2, 0.25) is 0 Å². The Morgan fingerprint density at radius 3 is 0.942 bits per heavy atom. The summed E-state index contributed by atoms with van der Waals surface area (Å²) in [5.41, 5.74) is 19.7. The topological polar surface area (TPSA) is 31.6 Å². The average Bonchev–Trinajstić information content (AvgIpc) is 3.92. The van der Waals surface area contributed by atoms with Crippen molar-refractivity contribution < 1.29 is 0 Å². The highest BCUT2D eigenvalue weighted by Crippen LogP contribution is 2.68. The molecule has 8 aromatic carbocycles. The number of H-pyrrole nitrogens is 2. The lowest BCUT2D eigenvalue weighted by molar-refractivity contribution is 0.636. The van der Waals surface area contributed by atoms with E-state index in [1.165, 1.54) is 110 Å². The van der Waals surface area contributed by atoms with E-state index < -0.39 is 10.8 Å². The molecule has 10 aromatic rings. The van der Waals surface area contributed by atoms with Gasteiger partial charge < -0.3 is 9.97 Å². The minimum Gasteiger partial charge on any atom is -0.355 e. The van der Waals surface area contributed by atoms with Crippen LogP contribution in [0.25, 0.3) is 65.9 Å². The van der Waals surface area contributed by atoms with Gasteiger partial charge in [0.2, 0.25) is 0 Å². The van der Waals surface area contributed by atoms with Gasteiger partial charge in [0.25, 0.3) is 0 Å². The molecule has 2 heterocycles. The molecule has 0 saturated heterocycles. The third-order valence-corrected chi connectivity index (χ3v) is 12.8. The summed E-state index contributed by atoms with van der Waals surface area (Å²) in [6.45, 7) is 0. The van der Waals surface area contributed by atoms with Crippen molar-refractivity contribution in [1.29, 1.82) is 0 Å². The van der Waals surface area contributed by atoms with E-state index in [1.807, 2.05) is 0 Å². The minimum atomic E-state index is -0.548. The van der Waals surface area contributed by atoms with E-state index in [4.69, 9.17) is 0 Å². The quantitative estimate of drug-likeness (QED) is 0.163. The summed E-state index contributed by atoms with van der Waals surface area (Å²) < 4.78 is 0. The van der Waals surface area contributed by atoms with Crippen molar-refractivity contribution in [2.75, 3.05) is 0 Å². The maximum Gasteiger partial charge on any atom is 0.0721 e. The number of nitrogens with one attached hydrogen (secondary N) is 2. The molecule has 0 atom stereocenters. The zero-order valence-electron chi connectivity index (χ0n) is 28.2. The van der Waals surface area contributed by atoms with Gasteiger partial charge in [-0.1, -0.05) is 133 Å². The highest BCUT2D eigenvalue weighted by molar-refractivity contribution is 6.11. The van der Waals surface area contributed by atoms with E-state index in [9.17, 15) is 0 Å². The van der Waals surface area contributed by atoms with Crippen LogP contribution < -0.4 is 0 Å². The molecule has 240 valence electrons. The molecule has 0 radical (unpaired) electrons. The fraction of sp³-hybridized carbons (Fsp3) is 0.0400. The fourth-order valence-electron chi connectivity index (χ4n) is 11.0. The van der Waals surface area contributed by atoms with Gasteiger partial charge in [0.15, 0.2) is 0 Å². The Hall–Kier alpha value is -6.64. The maximum absolute atomic E-state index is 3.87. The molecule has 2 spiro atoms. The Morgan fingerprint density at radius 2 is 0.558 bits per heavy atom. The molecule has 0 aliphatic heterocycles. The summed E-state index contributed by atoms with van der Waals surface area (Å²) in [6, 6.07) is 64.4. The van der Waals surface area contributed by atoms with Gasteiger partial charge in [-0.3, -0.25) is 0 Å². The molecule has 2 nitrogen and oxygen atoms in total. The predicted octanol–water partition coefficient (Wildman–Crippen LogP) is 12.0. The van der Waals surface area contributed by atoms with Crippen LogP contribution in [0.1, 0.15) is 44.5 Å². The first-order valence-electron chi connectivity index (χ1n) is 18.3. The first-order chi connectivity index (χ1) is 25.8. The van der Waals surface area contributed by atoms with Crippen LogP contribution in [0.15, 0.2) is 170 Å². The summed E-state index contributed by atoms with van der Waals surface area (Å²) in [5, 5.41) is 5.04. The van der Waals surface area contributed by atoms with Gasteiger partial charge in [-0.2, -0.15) is 0 Å². The van der Waals surface area contributed by atoms with Crippen LogP contribution in [0.5, 0.6) is 0 Å². The lowest BCUT2D eigenvalue weighted by Crippen LogP contribution is -2.43. The van der Waals surface area contributed by atoms with Crippen molar-refractivity contribution >= 4 is 43.6 Å². The zero-order chi connectivity index (χ0) is 33.8. The third-order valence-electron chi connectivity index (χ3n) is 12.8. The van der Waals surface area contributed by atoms with Crippen molar-refractivity contribution in [2.45, 2.75) is 10.8 Å². The molecule has 13 rings (SSSR count). The third kappa shape index (κ3) is 2.92. The van der Waals surface area contributed by atoms with Gasteiger partial charge >= 0.3 is 0 Å². The van der Waals surface area contributed by atoms with Crippen molar-refractivity contribution in [2.24, 2.45) is 0 Å². The van der Waals surface area contributed by atoms with Gasteiger partial charge in [-0.15, -0.1) is 0 Å². The molecule has 0 bridgehead atoms. The summed E-state index contributed by atoms with van der Waals surface area (Å²) >= 11 is 0. The Labute approximate surface area is 300 Å². The summed E-state index contributed by atoms with van der Waals surface area (Å²) in [7, 11) is 0. The summed E-state index contributed by atoms with van der Waals surface area (Å²) in [5.74, 6) is 0. The molecule has 2 N–H and O–H groups in total. The Balaban J connectivity index is 1.34. The van der Waals surface area contributed by atoms with Gasteiger partial charge in [0.1, 0.15) is 0 Å². The molecule has 0 fully saturated rings. The van der Waals surface area contributed by atoms with E-state index in [0.29, 0.717) is 0 Å². The Bertz CT molecular complexity index is 2900. The molecule has 3 aliphatic rings. The van der Waals surface area contributed by atoms with Gasteiger partial charge in [-0.25, -0.2) is 0 Å². The Morgan fingerprint density at radius 1 is 0.250 bits per heavy atom. The minimum absolute atomic E-state index is 0.548. The summed E-state index contributed by atoms with van der Waals surface area (Å²) in [6.07, 6.45) is 0. The predicted molar refractivity (Wildman–Crippen MR) is 213 cm³/mol. The fourth-order valence-corrected chi connectivity index (χ4v) is 11.0. The number of benzene rings is 8. The first kappa shape index (κ1) is 27.1. The van der Waals surface area contributed by atoms with Crippen molar-refractivity contribution in [1.82, 2.24) is 9.97 Å². The zero-order valence-corrected chi connectivity index (χ0v) is 28.2. The van der Waals surface area contributed by atoms with E-state index in [1.54, 1.807) is 0 Å². The van der Waals surface area contributed by atoms with Crippen LogP contribution in [0.3, 0.4) is 0 Å². The SMILES string of the molecule is c1ccc2c(c1)-c1ccccc1C21c2cc3[nH]c4ccccc4c3cc2C2(c3ccccc3-c3ccccc32)c2cc3[nH]c4ccccc4c3cc21. The average molecular weight is 659 g/mol. The van der Waals surface area contributed by atoms with Crippen molar-refractivity contribution in [3.8, 4) is 22.3 Å². The number of aromatic nitrogens is 2. The molecule has 0 amide bonds. The van der Waals surface area contributed by atoms with E-state index in [0.717, 1.165) is 0 Å². The van der Waals surface area contributed by atoms with Crippen molar-refractivity contribution in [3.05, 3.63) is 214 Å². The van der Waals surface area contributed by atoms with Crippen LogP contribution in [-0.4, -0.2) is 9.97 Å². The van der Waals surface area contributed by atoms with Crippen molar-refractivity contribution in [3.63, 3.8) is 0 Å². The second kappa shape index (κ2) is 9.17. The molecule has 2 aromatic heterocycles. The number of para-hydroxylation sites is 2. The first-order valence-corrected chi connectivity index (χ1v) is 18.3. The lowest BCUT2D eigenvalue weighted by Gasteiger charge is -2.49. The summed E-state index contributed by atoms with van der Waals surface area (Å²) in [4.78, 5) is 7.74. The van der Waals surface area contributed by atoms with Crippen LogP contribution in [0.4, 0.5) is 0 Å². The normalized spacial score (nSPS) is 15.2. The number of hydrogen-bond acceptors (Lipinski definition) is 0. The molecular formula is C50H30N2. The van der Waals surface area contributed by atoms with Crippen LogP contribution >= 0.6 is 0 Å². The second-order valence-electron chi connectivity index (χ2n) is 14.9.